The normalized spacial score (nSPS) is 12.3. The third-order valence-electron chi connectivity index (χ3n) is 3.94. The van der Waals surface area contributed by atoms with Gasteiger partial charge in [0.1, 0.15) is 5.52 Å². The Morgan fingerprint density at radius 2 is 2.04 bits per heavy atom. The number of rotatable bonds is 6. The lowest BCUT2D eigenvalue weighted by molar-refractivity contribution is 0.0520. The van der Waals surface area contributed by atoms with Gasteiger partial charge in [0.2, 0.25) is 0 Å². The zero-order chi connectivity index (χ0) is 17.8. The van der Waals surface area contributed by atoms with Crippen LogP contribution in [-0.4, -0.2) is 61.9 Å². The minimum Gasteiger partial charge on any atom is -0.394 e. The molecule has 0 bridgehead atoms. The van der Waals surface area contributed by atoms with E-state index in [4.69, 9.17) is 5.11 Å². The standard InChI is InChI=1S/C18H20N4O3/c1-21(10-15(24)11-23)18(25)14-7-16-17(19-8-14)22(12-20-16)9-13-5-3-2-4-6-13/h2-8,12,15,23-24H,9-11H2,1H3. The topological polar surface area (TPSA) is 91.5 Å². The minimum atomic E-state index is -0.962. The number of aliphatic hydroxyl groups is 2. The van der Waals surface area contributed by atoms with Crippen LogP contribution in [0.5, 0.6) is 0 Å². The van der Waals surface area contributed by atoms with Crippen molar-refractivity contribution < 1.29 is 15.0 Å². The van der Waals surface area contributed by atoms with Crippen LogP contribution in [0.15, 0.2) is 48.9 Å². The zero-order valence-corrected chi connectivity index (χ0v) is 13.9. The molecular formula is C18H20N4O3. The van der Waals surface area contributed by atoms with Gasteiger partial charge in [0.15, 0.2) is 5.65 Å². The Balaban J connectivity index is 1.81. The Bertz CT molecular complexity index is 863. The molecule has 3 aromatic rings. The molecule has 0 aliphatic heterocycles. The Labute approximate surface area is 145 Å². The average Bonchev–Trinajstić information content (AvgIpc) is 3.03. The number of amides is 1. The smallest absolute Gasteiger partial charge is 0.255 e. The molecule has 7 nitrogen and oxygen atoms in total. The fraction of sp³-hybridized carbons (Fsp3) is 0.278. The molecule has 0 saturated heterocycles. The van der Waals surface area contributed by atoms with Crippen molar-refractivity contribution in [3.63, 3.8) is 0 Å². The lowest BCUT2D eigenvalue weighted by Gasteiger charge is -2.19. The van der Waals surface area contributed by atoms with Gasteiger partial charge in [-0.15, -0.1) is 0 Å². The second-order valence-corrected chi connectivity index (χ2v) is 5.95. The highest BCUT2D eigenvalue weighted by Gasteiger charge is 2.17. The van der Waals surface area contributed by atoms with E-state index in [-0.39, 0.29) is 12.5 Å². The molecule has 130 valence electrons. The number of aliphatic hydroxyl groups excluding tert-OH is 2. The van der Waals surface area contributed by atoms with Gasteiger partial charge in [-0.1, -0.05) is 30.3 Å². The maximum atomic E-state index is 12.4. The van der Waals surface area contributed by atoms with Crippen molar-refractivity contribution in [1.82, 2.24) is 19.4 Å². The number of fused-ring (bicyclic) bond motifs is 1. The minimum absolute atomic E-state index is 0.0514. The number of hydrogen-bond donors (Lipinski definition) is 2. The van der Waals surface area contributed by atoms with E-state index in [1.807, 2.05) is 34.9 Å². The number of benzene rings is 1. The van der Waals surface area contributed by atoms with Crippen LogP contribution in [0.1, 0.15) is 15.9 Å². The van der Waals surface area contributed by atoms with Gasteiger partial charge >= 0.3 is 0 Å². The van der Waals surface area contributed by atoms with E-state index in [1.54, 1.807) is 19.4 Å². The summed E-state index contributed by atoms with van der Waals surface area (Å²) in [6.45, 7) is 0.314. The maximum absolute atomic E-state index is 12.4. The van der Waals surface area contributed by atoms with Crippen molar-refractivity contribution in [1.29, 1.82) is 0 Å². The lowest BCUT2D eigenvalue weighted by atomic mass is 10.2. The molecule has 0 aliphatic carbocycles. The van der Waals surface area contributed by atoms with Crippen molar-refractivity contribution in [3.8, 4) is 0 Å². The maximum Gasteiger partial charge on any atom is 0.255 e. The quantitative estimate of drug-likeness (QED) is 0.696. The number of hydrogen-bond acceptors (Lipinski definition) is 5. The molecule has 0 saturated carbocycles. The number of likely N-dealkylation sites (N-methyl/N-ethyl adjacent to an activating group) is 1. The fourth-order valence-corrected chi connectivity index (χ4v) is 2.64. The van der Waals surface area contributed by atoms with Gasteiger partial charge in [-0.3, -0.25) is 4.79 Å². The molecule has 2 N–H and O–H groups in total. The predicted molar refractivity (Wildman–Crippen MR) is 93.1 cm³/mol. The van der Waals surface area contributed by atoms with Crippen LogP contribution in [0.25, 0.3) is 11.2 Å². The summed E-state index contributed by atoms with van der Waals surface area (Å²) in [4.78, 5) is 22.5. The van der Waals surface area contributed by atoms with Crippen LogP contribution >= 0.6 is 0 Å². The Kier molecular flexibility index (Phi) is 5.06. The average molecular weight is 340 g/mol. The molecule has 2 heterocycles. The van der Waals surface area contributed by atoms with E-state index in [0.717, 1.165) is 5.56 Å². The predicted octanol–water partition coefficient (Wildman–Crippen LogP) is 0.905. The molecule has 1 atom stereocenters. The Morgan fingerprint density at radius 1 is 1.28 bits per heavy atom. The highest BCUT2D eigenvalue weighted by Crippen LogP contribution is 2.15. The molecule has 3 rings (SSSR count). The number of carbonyl (C=O) groups excluding carboxylic acids is 1. The molecular weight excluding hydrogens is 320 g/mol. The van der Waals surface area contributed by atoms with E-state index in [1.165, 1.54) is 11.1 Å². The first-order valence-corrected chi connectivity index (χ1v) is 7.97. The first kappa shape index (κ1) is 17.1. The highest BCUT2D eigenvalue weighted by molar-refractivity contribution is 5.96. The van der Waals surface area contributed by atoms with Gasteiger partial charge in [-0.25, -0.2) is 9.97 Å². The van der Waals surface area contributed by atoms with Crippen LogP contribution < -0.4 is 0 Å². The summed E-state index contributed by atoms with van der Waals surface area (Å²) in [7, 11) is 1.57. The Hall–Kier alpha value is -2.77. The Morgan fingerprint density at radius 3 is 2.76 bits per heavy atom. The highest BCUT2D eigenvalue weighted by atomic mass is 16.3. The largest absolute Gasteiger partial charge is 0.394 e. The van der Waals surface area contributed by atoms with E-state index < -0.39 is 12.7 Å². The summed E-state index contributed by atoms with van der Waals surface area (Å²) < 4.78 is 1.93. The number of pyridine rings is 1. The van der Waals surface area contributed by atoms with Gasteiger partial charge in [0, 0.05) is 19.8 Å². The van der Waals surface area contributed by atoms with Gasteiger partial charge in [0.25, 0.3) is 5.91 Å². The molecule has 1 amide bonds. The van der Waals surface area contributed by atoms with Crippen molar-refractivity contribution in [2.45, 2.75) is 12.6 Å². The molecule has 25 heavy (non-hydrogen) atoms. The number of imidazole rings is 1. The van der Waals surface area contributed by atoms with E-state index in [9.17, 15) is 9.90 Å². The third-order valence-corrected chi connectivity index (χ3v) is 3.94. The SMILES string of the molecule is CN(CC(O)CO)C(=O)c1cnc2c(c1)ncn2Cc1ccccc1. The van der Waals surface area contributed by atoms with E-state index in [2.05, 4.69) is 9.97 Å². The number of nitrogens with zero attached hydrogens (tertiary/aromatic N) is 4. The zero-order valence-electron chi connectivity index (χ0n) is 13.9. The van der Waals surface area contributed by atoms with Crippen molar-refractivity contribution in [2.24, 2.45) is 0 Å². The van der Waals surface area contributed by atoms with Crippen LogP contribution in [0.4, 0.5) is 0 Å². The van der Waals surface area contributed by atoms with Gasteiger partial charge in [0.05, 0.1) is 31.1 Å². The first-order valence-electron chi connectivity index (χ1n) is 7.97. The van der Waals surface area contributed by atoms with Crippen LogP contribution in [-0.2, 0) is 6.54 Å². The van der Waals surface area contributed by atoms with Crippen LogP contribution in [0, 0.1) is 0 Å². The van der Waals surface area contributed by atoms with Gasteiger partial charge < -0.3 is 19.7 Å². The molecule has 7 heteroatoms. The fourth-order valence-electron chi connectivity index (χ4n) is 2.64. The second-order valence-electron chi connectivity index (χ2n) is 5.95. The van der Waals surface area contributed by atoms with Gasteiger partial charge in [-0.2, -0.15) is 0 Å². The molecule has 0 fully saturated rings. The second kappa shape index (κ2) is 7.42. The van der Waals surface area contributed by atoms with Crippen LogP contribution in [0.2, 0.25) is 0 Å². The summed E-state index contributed by atoms with van der Waals surface area (Å²) in [5, 5.41) is 18.4. The molecule has 1 unspecified atom stereocenters. The van der Waals surface area contributed by atoms with Gasteiger partial charge in [-0.05, 0) is 11.6 Å². The molecule has 0 spiro atoms. The van der Waals surface area contributed by atoms with E-state index >= 15 is 0 Å². The summed E-state index contributed by atoms with van der Waals surface area (Å²) in [6.07, 6.45) is 2.25. The van der Waals surface area contributed by atoms with E-state index in [0.29, 0.717) is 23.3 Å². The first-order chi connectivity index (χ1) is 12.1. The molecule has 2 aromatic heterocycles. The number of carbonyl (C=O) groups is 1. The monoisotopic (exact) mass is 340 g/mol. The molecule has 0 aliphatic rings. The summed E-state index contributed by atoms with van der Waals surface area (Å²) in [5.74, 6) is -0.278. The number of aromatic nitrogens is 3. The molecule has 0 radical (unpaired) electrons. The van der Waals surface area contributed by atoms with Crippen molar-refractivity contribution in [2.75, 3.05) is 20.2 Å². The lowest BCUT2D eigenvalue weighted by Crippen LogP contribution is -2.35. The third kappa shape index (κ3) is 3.84. The molecule has 1 aromatic carbocycles. The summed E-state index contributed by atoms with van der Waals surface area (Å²) in [6, 6.07) is 11.7. The van der Waals surface area contributed by atoms with Crippen LogP contribution in [0.3, 0.4) is 0 Å². The van der Waals surface area contributed by atoms with Crippen molar-refractivity contribution in [3.05, 3.63) is 60.0 Å². The van der Waals surface area contributed by atoms with Crippen molar-refractivity contribution >= 4 is 17.1 Å². The summed E-state index contributed by atoms with van der Waals surface area (Å²) in [5.41, 5.74) is 2.88. The summed E-state index contributed by atoms with van der Waals surface area (Å²) >= 11 is 0.